The molecule has 2 amide bonds. The number of anilines is 2. The molecule has 6 heterocycles. The van der Waals surface area contributed by atoms with Gasteiger partial charge in [-0.3, -0.25) is 9.59 Å². The van der Waals surface area contributed by atoms with Crippen LogP contribution in [0.5, 0.6) is 0 Å². The number of aromatic nitrogens is 6. The number of nitrogens with one attached hydrogen (secondary N) is 4. The van der Waals surface area contributed by atoms with Gasteiger partial charge in [0.25, 0.3) is 11.8 Å². The van der Waals surface area contributed by atoms with Crippen molar-refractivity contribution in [3.8, 4) is 0 Å². The van der Waals surface area contributed by atoms with Gasteiger partial charge in [-0.05, 0) is 88.8 Å². The maximum absolute atomic E-state index is 13.0. The van der Waals surface area contributed by atoms with Crippen molar-refractivity contribution in [2.24, 2.45) is 0 Å². The van der Waals surface area contributed by atoms with Crippen molar-refractivity contribution >= 4 is 57.2 Å². The molecule has 67 heavy (non-hydrogen) atoms. The van der Waals surface area contributed by atoms with Gasteiger partial charge in [0.2, 0.25) is 0 Å². The van der Waals surface area contributed by atoms with E-state index < -0.39 is 11.9 Å². The Balaban J connectivity index is 0.000000199. The van der Waals surface area contributed by atoms with Gasteiger partial charge in [-0.25, -0.2) is 28.9 Å². The van der Waals surface area contributed by atoms with Crippen molar-refractivity contribution in [3.05, 3.63) is 106 Å². The van der Waals surface area contributed by atoms with Crippen molar-refractivity contribution in [1.29, 1.82) is 0 Å². The van der Waals surface area contributed by atoms with E-state index in [0.717, 1.165) is 108 Å². The van der Waals surface area contributed by atoms with E-state index >= 15 is 0 Å². The molecular formula is C49H60N10O8. The van der Waals surface area contributed by atoms with Crippen LogP contribution in [0.15, 0.2) is 60.9 Å². The first-order valence-corrected chi connectivity index (χ1v) is 23.1. The molecule has 5 N–H and O–H groups in total. The van der Waals surface area contributed by atoms with Crippen LogP contribution >= 0.6 is 0 Å². The van der Waals surface area contributed by atoms with Crippen molar-refractivity contribution in [2.75, 3.05) is 44.2 Å². The minimum Gasteiger partial charge on any atom is -0.478 e. The highest BCUT2D eigenvalue weighted by Gasteiger charge is 2.24. The molecule has 0 spiro atoms. The predicted molar refractivity (Wildman–Crippen MR) is 254 cm³/mol. The molecule has 0 saturated carbocycles. The average Bonchev–Trinajstić information content (AvgIpc) is 3.99. The number of hydrogen-bond acceptors (Lipinski definition) is 13. The number of ether oxygens (including phenoxy) is 3. The van der Waals surface area contributed by atoms with Gasteiger partial charge in [0.05, 0.1) is 52.8 Å². The summed E-state index contributed by atoms with van der Waals surface area (Å²) >= 11 is 0. The molecule has 354 valence electrons. The van der Waals surface area contributed by atoms with Gasteiger partial charge >= 0.3 is 11.9 Å². The third kappa shape index (κ3) is 11.2. The Bertz CT molecular complexity index is 2720. The van der Waals surface area contributed by atoms with E-state index in [9.17, 15) is 24.3 Å². The molecule has 2 fully saturated rings. The number of fused-ring (bicyclic) bond motifs is 2. The standard InChI is InChI=1S/C25H31N5O4.C24H29N5O4/c1-4-21-19(14-26-24(31)16-7-6-8-17(13-16)25(32)33-3)22(28-18-9-11-34-12-10-18)20-15-27-30(5-2)23(20)29-21;1-3-20-18(13-25-23(30)15-6-5-7-16(12-15)24(31)32)21(27-17-8-10-33-11-9-17)19-14-26-29(4-2)22(19)28-20/h6-8,13,15,18H,4-5,9-12,14H2,1-3H3,(H,26,31)(H,28,29);5-7,12,14,17H,3-4,8-11,13H2,1-2H3,(H,25,30)(H,27,28)(H,31,32). The van der Waals surface area contributed by atoms with Crippen molar-refractivity contribution in [2.45, 2.75) is 104 Å². The molecule has 0 unspecified atom stereocenters. The fraction of sp³-hybridized carbons (Fsp3) is 0.429. The number of pyridine rings is 2. The first kappa shape index (κ1) is 48.0. The summed E-state index contributed by atoms with van der Waals surface area (Å²) in [6.45, 7) is 13.1. The number of aryl methyl sites for hydroxylation is 4. The highest BCUT2D eigenvalue weighted by Crippen LogP contribution is 2.33. The lowest BCUT2D eigenvalue weighted by molar-refractivity contribution is 0.0599. The molecule has 2 aliphatic rings. The van der Waals surface area contributed by atoms with E-state index in [1.54, 1.807) is 30.3 Å². The Hall–Kier alpha value is -6.92. The number of hydrogen-bond donors (Lipinski definition) is 5. The summed E-state index contributed by atoms with van der Waals surface area (Å²) in [4.78, 5) is 58.7. The summed E-state index contributed by atoms with van der Waals surface area (Å²) in [7, 11) is 1.32. The van der Waals surface area contributed by atoms with Crippen LogP contribution in [0.25, 0.3) is 22.1 Å². The highest BCUT2D eigenvalue weighted by molar-refractivity contribution is 5.99. The topological polar surface area (TPSA) is 226 Å². The number of carboxylic acids is 1. The fourth-order valence-corrected chi connectivity index (χ4v) is 8.44. The molecule has 0 radical (unpaired) electrons. The number of carbonyl (C=O) groups is 4. The van der Waals surface area contributed by atoms with Gasteiger partial charge in [-0.15, -0.1) is 0 Å². The van der Waals surface area contributed by atoms with Crippen LogP contribution in [0, 0.1) is 0 Å². The summed E-state index contributed by atoms with van der Waals surface area (Å²) in [5.41, 5.74) is 8.39. The van der Waals surface area contributed by atoms with Crippen LogP contribution in [-0.2, 0) is 53.2 Å². The minimum absolute atomic E-state index is 0.0776. The largest absolute Gasteiger partial charge is 0.478 e. The SMILES string of the molecule is CCc1nc2c(cnn2CC)c(NC2CCOCC2)c1CNC(=O)c1cccc(C(=O)O)c1.CCc1nc2c(cnn2CC)c(NC2CCOCC2)c1CNC(=O)c1cccc(C(=O)OC)c1. The zero-order chi connectivity index (χ0) is 47.5. The lowest BCUT2D eigenvalue weighted by atomic mass is 10.0. The number of carboxylic acid groups (broad SMARTS) is 1. The van der Waals surface area contributed by atoms with E-state index in [-0.39, 0.29) is 36.0 Å². The summed E-state index contributed by atoms with van der Waals surface area (Å²) < 4.78 is 19.6. The van der Waals surface area contributed by atoms with Gasteiger partial charge in [0.1, 0.15) is 0 Å². The highest BCUT2D eigenvalue weighted by atomic mass is 16.5. The first-order chi connectivity index (χ1) is 32.6. The fourth-order valence-electron chi connectivity index (χ4n) is 8.44. The number of amides is 2. The second-order valence-corrected chi connectivity index (χ2v) is 16.3. The van der Waals surface area contributed by atoms with Gasteiger partial charge in [0, 0.05) is 98.3 Å². The number of carbonyl (C=O) groups excluding carboxylic acids is 3. The van der Waals surface area contributed by atoms with Crippen LogP contribution in [0.2, 0.25) is 0 Å². The maximum Gasteiger partial charge on any atom is 0.337 e. The Labute approximate surface area is 389 Å². The van der Waals surface area contributed by atoms with E-state index in [1.807, 2.05) is 42.5 Å². The number of rotatable bonds is 16. The quantitative estimate of drug-likeness (QED) is 0.0649. The molecule has 0 atom stereocenters. The Morgan fingerprint density at radius 2 is 1.07 bits per heavy atom. The minimum atomic E-state index is -1.07. The lowest BCUT2D eigenvalue weighted by Gasteiger charge is -2.26. The molecular weight excluding hydrogens is 857 g/mol. The van der Waals surface area contributed by atoms with Crippen LogP contribution < -0.4 is 21.3 Å². The Morgan fingerprint density at radius 3 is 1.48 bits per heavy atom. The molecule has 0 bridgehead atoms. The zero-order valence-corrected chi connectivity index (χ0v) is 38.8. The van der Waals surface area contributed by atoms with Crippen molar-refractivity contribution in [1.82, 2.24) is 40.2 Å². The molecule has 4 aromatic heterocycles. The summed E-state index contributed by atoms with van der Waals surface area (Å²) in [6, 6.07) is 13.1. The van der Waals surface area contributed by atoms with E-state index in [4.69, 9.17) is 24.2 Å². The molecule has 0 aliphatic carbocycles. The monoisotopic (exact) mass is 916 g/mol. The van der Waals surface area contributed by atoms with Gasteiger partial charge < -0.3 is 40.6 Å². The Kier molecular flexibility index (Phi) is 16.1. The van der Waals surface area contributed by atoms with Gasteiger partial charge in [0.15, 0.2) is 11.3 Å². The second-order valence-electron chi connectivity index (χ2n) is 16.3. The van der Waals surface area contributed by atoms with Crippen LogP contribution in [0.3, 0.4) is 0 Å². The van der Waals surface area contributed by atoms with E-state index in [1.165, 1.54) is 25.3 Å². The van der Waals surface area contributed by atoms with Crippen molar-refractivity contribution in [3.63, 3.8) is 0 Å². The van der Waals surface area contributed by atoms with Crippen LogP contribution in [-0.4, -0.2) is 104 Å². The maximum atomic E-state index is 13.0. The van der Waals surface area contributed by atoms with Crippen molar-refractivity contribution < 1.29 is 38.5 Å². The summed E-state index contributed by atoms with van der Waals surface area (Å²) in [5.74, 6) is -2.15. The molecule has 2 aromatic carbocycles. The number of methoxy groups -OCH3 is 1. The third-order valence-corrected chi connectivity index (χ3v) is 12.1. The Morgan fingerprint density at radius 1 is 0.657 bits per heavy atom. The number of aromatic carboxylic acids is 1. The van der Waals surface area contributed by atoms with Crippen LogP contribution in [0.4, 0.5) is 11.4 Å². The van der Waals surface area contributed by atoms with Gasteiger partial charge in [-0.2, -0.15) is 10.2 Å². The number of esters is 1. The molecule has 18 heteroatoms. The lowest BCUT2D eigenvalue weighted by Crippen LogP contribution is -2.30. The molecule has 8 rings (SSSR count). The number of benzene rings is 2. The molecule has 6 aromatic rings. The molecule has 2 saturated heterocycles. The van der Waals surface area contributed by atoms with E-state index in [0.29, 0.717) is 49.4 Å². The summed E-state index contributed by atoms with van der Waals surface area (Å²) in [6.07, 6.45) is 8.73. The van der Waals surface area contributed by atoms with Gasteiger partial charge in [-0.1, -0.05) is 26.0 Å². The normalized spacial score (nSPS) is 14.3. The summed E-state index contributed by atoms with van der Waals surface area (Å²) in [5, 5.41) is 33.5. The smallest absolute Gasteiger partial charge is 0.337 e. The number of nitrogens with zero attached hydrogens (tertiary/aromatic N) is 6. The molecule has 2 aliphatic heterocycles. The van der Waals surface area contributed by atoms with Crippen LogP contribution in [0.1, 0.15) is 117 Å². The zero-order valence-electron chi connectivity index (χ0n) is 38.8. The average molecular weight is 917 g/mol. The third-order valence-electron chi connectivity index (χ3n) is 12.1. The second kappa shape index (κ2) is 22.5. The van der Waals surface area contributed by atoms with E-state index in [2.05, 4.69) is 38.4 Å². The molecule has 18 nitrogen and oxygen atoms in total. The predicted octanol–water partition coefficient (Wildman–Crippen LogP) is 6.55. The first-order valence-electron chi connectivity index (χ1n) is 23.1.